The first-order valence-electron chi connectivity index (χ1n) is 14.2. The molecule has 8 heteroatoms. The molecule has 1 saturated carbocycles. The number of nitrogens with zero attached hydrogens (tertiary/aromatic N) is 2. The predicted molar refractivity (Wildman–Crippen MR) is 147 cm³/mol. The van der Waals surface area contributed by atoms with Gasteiger partial charge in [0.25, 0.3) is 0 Å². The summed E-state index contributed by atoms with van der Waals surface area (Å²) in [6, 6.07) is 13.1. The quantitative estimate of drug-likeness (QED) is 0.248. The van der Waals surface area contributed by atoms with Crippen LogP contribution in [0.25, 0.3) is 33.6 Å². The Morgan fingerprint density at radius 3 is 1.77 bits per heavy atom. The summed E-state index contributed by atoms with van der Waals surface area (Å²) in [7, 11) is 0. The fourth-order valence-electron chi connectivity index (χ4n) is 7.45. The summed E-state index contributed by atoms with van der Waals surface area (Å²) in [6.45, 7) is 0.783. The average molecular weight is 527 g/mol. The fourth-order valence-corrected chi connectivity index (χ4v) is 7.45. The Bertz CT molecular complexity index is 1520. The van der Waals surface area contributed by atoms with E-state index in [1.807, 2.05) is 12.4 Å². The fraction of sp³-hybridized carbons (Fsp3) is 0.419. The van der Waals surface area contributed by atoms with Gasteiger partial charge in [-0.05, 0) is 58.9 Å². The molecule has 0 spiro atoms. The van der Waals surface area contributed by atoms with Crippen LogP contribution in [0.2, 0.25) is 0 Å². The van der Waals surface area contributed by atoms with E-state index >= 15 is 0 Å². The van der Waals surface area contributed by atoms with Crippen molar-refractivity contribution in [1.82, 2.24) is 30.6 Å². The SMILES string of the molecule is F[C@@H]1CNC(c2ncc(-c3ccc(-c4ccc(-c5cnc([C@@H]6C[C@H](F)CN6)[nH]5)cc4)c4c3C3CCC4C3)[nH]2)C1. The average Bonchev–Trinajstić information content (AvgIpc) is 3.79. The third-order valence-corrected chi connectivity index (χ3v) is 9.34. The molecule has 200 valence electrons. The van der Waals surface area contributed by atoms with Crippen molar-refractivity contribution in [2.45, 2.75) is 68.4 Å². The Morgan fingerprint density at radius 2 is 1.15 bits per heavy atom. The molecule has 4 aromatic rings. The van der Waals surface area contributed by atoms with E-state index in [1.165, 1.54) is 47.1 Å². The lowest BCUT2D eigenvalue weighted by Gasteiger charge is -2.22. The number of fused-ring (bicyclic) bond motifs is 5. The molecule has 39 heavy (non-hydrogen) atoms. The lowest BCUT2D eigenvalue weighted by atomic mass is 9.82. The maximum absolute atomic E-state index is 13.8. The number of hydrogen-bond donors (Lipinski definition) is 4. The molecule has 2 bridgehead atoms. The first kappa shape index (κ1) is 23.5. The molecule has 8 rings (SSSR count). The summed E-state index contributed by atoms with van der Waals surface area (Å²) in [5, 5.41) is 6.43. The molecule has 4 aliphatic rings. The van der Waals surface area contributed by atoms with Crippen molar-refractivity contribution in [2.75, 3.05) is 13.1 Å². The molecule has 6 atom stereocenters. The van der Waals surface area contributed by atoms with Gasteiger partial charge in [0.1, 0.15) is 24.0 Å². The van der Waals surface area contributed by atoms with Crippen LogP contribution in [0.4, 0.5) is 8.78 Å². The summed E-state index contributed by atoms with van der Waals surface area (Å²) in [4.78, 5) is 16.1. The van der Waals surface area contributed by atoms with Gasteiger partial charge in [-0.1, -0.05) is 36.4 Å². The van der Waals surface area contributed by atoms with Crippen LogP contribution in [0.3, 0.4) is 0 Å². The van der Waals surface area contributed by atoms with Crippen LogP contribution >= 0.6 is 0 Å². The summed E-state index contributed by atoms with van der Waals surface area (Å²) < 4.78 is 27.4. The topological polar surface area (TPSA) is 81.4 Å². The van der Waals surface area contributed by atoms with Crippen LogP contribution < -0.4 is 10.6 Å². The van der Waals surface area contributed by atoms with Crippen molar-refractivity contribution in [3.63, 3.8) is 0 Å². The molecule has 4 N–H and O–H groups in total. The van der Waals surface area contributed by atoms with Crippen molar-refractivity contribution < 1.29 is 8.78 Å². The molecule has 6 nitrogen and oxygen atoms in total. The molecule has 3 unspecified atom stereocenters. The second-order valence-corrected chi connectivity index (χ2v) is 11.7. The summed E-state index contributed by atoms with van der Waals surface area (Å²) in [5.74, 6) is 2.81. The number of halogens is 2. The molecule has 3 fully saturated rings. The van der Waals surface area contributed by atoms with Crippen molar-refractivity contribution >= 4 is 0 Å². The van der Waals surface area contributed by atoms with E-state index in [0.717, 1.165) is 28.6 Å². The molecule has 2 aliphatic heterocycles. The Hall–Kier alpha value is -3.36. The highest BCUT2D eigenvalue weighted by Gasteiger charge is 2.40. The van der Waals surface area contributed by atoms with Crippen LogP contribution in [0.5, 0.6) is 0 Å². The molecular weight excluding hydrogens is 494 g/mol. The van der Waals surface area contributed by atoms with Gasteiger partial charge in [-0.2, -0.15) is 0 Å². The predicted octanol–water partition coefficient (Wildman–Crippen LogP) is 6.24. The smallest absolute Gasteiger partial charge is 0.123 e. The first-order chi connectivity index (χ1) is 19.1. The van der Waals surface area contributed by atoms with Crippen molar-refractivity contribution in [2.24, 2.45) is 0 Å². The second-order valence-electron chi connectivity index (χ2n) is 11.7. The van der Waals surface area contributed by atoms with Crippen LogP contribution in [-0.4, -0.2) is 45.4 Å². The molecule has 2 aromatic carbocycles. The Labute approximate surface area is 226 Å². The normalized spacial score (nSPS) is 29.4. The van der Waals surface area contributed by atoms with Crippen LogP contribution in [0.15, 0.2) is 48.8 Å². The number of H-pyrrole nitrogens is 2. The Kier molecular flexibility index (Phi) is 5.49. The molecular formula is C31H32F2N6. The van der Waals surface area contributed by atoms with Gasteiger partial charge in [0, 0.05) is 31.5 Å². The van der Waals surface area contributed by atoms with Gasteiger partial charge in [-0.25, -0.2) is 18.7 Å². The van der Waals surface area contributed by atoms with Crippen molar-refractivity contribution in [3.05, 3.63) is 71.6 Å². The van der Waals surface area contributed by atoms with E-state index in [4.69, 9.17) is 0 Å². The highest BCUT2D eigenvalue weighted by Crippen LogP contribution is 2.58. The van der Waals surface area contributed by atoms with E-state index in [-0.39, 0.29) is 12.1 Å². The highest BCUT2D eigenvalue weighted by atomic mass is 19.1. The van der Waals surface area contributed by atoms with Crippen LogP contribution in [-0.2, 0) is 0 Å². The van der Waals surface area contributed by atoms with E-state index in [1.54, 1.807) is 0 Å². The first-order valence-corrected chi connectivity index (χ1v) is 14.2. The third-order valence-electron chi connectivity index (χ3n) is 9.34. The Balaban J connectivity index is 1.10. The number of imidazole rings is 2. The van der Waals surface area contributed by atoms with Gasteiger partial charge < -0.3 is 20.6 Å². The van der Waals surface area contributed by atoms with Gasteiger partial charge in [0.05, 0.1) is 35.9 Å². The van der Waals surface area contributed by atoms with Gasteiger partial charge in [-0.3, -0.25) is 0 Å². The standard InChI is InChI=1S/C31H32F2N6/c32-20-10-24(34-12-20)30-36-14-26(38-30)17-3-1-16(2-4-17)22-7-8-23(29-19-6-5-18(9-19)28(22)29)27-15-37-31(39-27)25-11-21(33)13-35-25/h1-4,7-8,14-15,18-21,24-25,34-35H,5-6,9-13H2,(H,36,38)(H,37,39)/t18?,19?,20-,21-,24-,25?/m0/s1. The highest BCUT2D eigenvalue weighted by molar-refractivity contribution is 5.80. The van der Waals surface area contributed by atoms with Crippen molar-refractivity contribution in [3.8, 4) is 33.6 Å². The van der Waals surface area contributed by atoms with E-state index < -0.39 is 12.3 Å². The minimum atomic E-state index is -0.810. The summed E-state index contributed by atoms with van der Waals surface area (Å²) in [5.41, 5.74) is 9.80. The number of benzene rings is 2. The zero-order chi connectivity index (χ0) is 26.1. The molecule has 0 amide bonds. The maximum Gasteiger partial charge on any atom is 0.123 e. The van der Waals surface area contributed by atoms with Gasteiger partial charge >= 0.3 is 0 Å². The van der Waals surface area contributed by atoms with Crippen molar-refractivity contribution in [1.29, 1.82) is 0 Å². The van der Waals surface area contributed by atoms with E-state index in [0.29, 0.717) is 37.8 Å². The number of hydrogen-bond acceptors (Lipinski definition) is 4. The van der Waals surface area contributed by atoms with E-state index in [9.17, 15) is 8.78 Å². The van der Waals surface area contributed by atoms with Gasteiger partial charge in [0.15, 0.2) is 0 Å². The number of aromatic nitrogens is 4. The van der Waals surface area contributed by atoms with Crippen LogP contribution in [0.1, 0.15) is 78.8 Å². The monoisotopic (exact) mass is 526 g/mol. The lowest BCUT2D eigenvalue weighted by molar-refractivity contribution is 0.354. The molecule has 4 heterocycles. The lowest BCUT2D eigenvalue weighted by Crippen LogP contribution is -2.15. The minimum absolute atomic E-state index is 0.0444. The molecule has 0 radical (unpaired) electrons. The summed E-state index contributed by atoms with van der Waals surface area (Å²) in [6.07, 6.45) is 6.79. The zero-order valence-corrected chi connectivity index (χ0v) is 21.7. The summed E-state index contributed by atoms with van der Waals surface area (Å²) >= 11 is 0. The number of alkyl halides is 2. The van der Waals surface area contributed by atoms with Gasteiger partial charge in [-0.15, -0.1) is 0 Å². The van der Waals surface area contributed by atoms with Crippen LogP contribution in [0, 0.1) is 0 Å². The van der Waals surface area contributed by atoms with Gasteiger partial charge in [0.2, 0.25) is 0 Å². The zero-order valence-electron chi connectivity index (χ0n) is 21.7. The molecule has 2 saturated heterocycles. The Morgan fingerprint density at radius 1 is 0.615 bits per heavy atom. The molecule has 2 aliphatic carbocycles. The molecule has 2 aromatic heterocycles. The number of rotatable bonds is 5. The third kappa shape index (κ3) is 3.95. The minimum Gasteiger partial charge on any atom is -0.341 e. The van der Waals surface area contributed by atoms with E-state index in [2.05, 4.69) is 67.0 Å². The maximum atomic E-state index is 13.8. The second kappa shape index (κ2) is 9.10. The largest absolute Gasteiger partial charge is 0.341 e. The number of aromatic amines is 2. The number of nitrogens with one attached hydrogen (secondary N) is 4.